The van der Waals surface area contributed by atoms with Gasteiger partial charge in [0.1, 0.15) is 33.5 Å². The van der Waals surface area contributed by atoms with E-state index in [1.807, 2.05) is 42.5 Å². The van der Waals surface area contributed by atoms with Crippen LogP contribution in [0.15, 0.2) is 151 Å². The van der Waals surface area contributed by atoms with Crippen LogP contribution in [0.5, 0.6) is 0 Å². The van der Waals surface area contributed by atoms with Crippen molar-refractivity contribution in [1.82, 2.24) is 0 Å². The molecule has 4 heteroatoms. The molecule has 0 amide bonds. The second-order valence-corrected chi connectivity index (χ2v) is 12.0. The molecule has 0 unspecified atom stereocenters. The number of furan rings is 4. The average Bonchev–Trinajstić information content (AvgIpc) is 3.87. The van der Waals surface area contributed by atoms with Gasteiger partial charge in [-0.3, -0.25) is 0 Å². The maximum Gasteiger partial charge on any atom is 0.178 e. The first-order chi connectivity index (χ1) is 22.8. The van der Waals surface area contributed by atoms with E-state index >= 15 is 0 Å². The van der Waals surface area contributed by atoms with Crippen LogP contribution in [0.3, 0.4) is 0 Å². The Morgan fingerprint density at radius 2 is 0.696 bits per heavy atom. The van der Waals surface area contributed by atoms with Crippen LogP contribution in [0.25, 0.3) is 110 Å². The van der Waals surface area contributed by atoms with Gasteiger partial charge >= 0.3 is 0 Å². The lowest BCUT2D eigenvalue weighted by Gasteiger charge is -2.06. The maximum absolute atomic E-state index is 6.36. The van der Waals surface area contributed by atoms with E-state index in [1.165, 1.54) is 0 Å². The quantitative estimate of drug-likeness (QED) is 0.201. The number of rotatable bonds is 2. The van der Waals surface area contributed by atoms with Gasteiger partial charge in [-0.2, -0.15) is 0 Å². The Bertz CT molecular complexity index is 3020. The molecule has 11 aromatic rings. The van der Waals surface area contributed by atoms with Gasteiger partial charge < -0.3 is 17.7 Å². The Balaban J connectivity index is 1.01. The van der Waals surface area contributed by atoms with Gasteiger partial charge in [-0.1, -0.05) is 72.8 Å². The maximum atomic E-state index is 6.36. The third-order valence-corrected chi connectivity index (χ3v) is 9.51. The summed E-state index contributed by atoms with van der Waals surface area (Å²) in [5.74, 6) is 0. The molecular formula is C42H22O4. The minimum absolute atomic E-state index is 0.791. The first-order valence-electron chi connectivity index (χ1n) is 15.4. The standard InChI is InChI=1S/C42H22O4/c1-3-7-33-27(5-1)28-15-16-29-31-21-25(13-17-35(31)46-42(29)41(28)45-33)23-9-11-24(12-10-23)26-14-18-36-32(22-26)40-38(44-36)20-19-37-39(40)30-6-2-4-8-34(30)43-37/h1-22H. The zero-order valence-electron chi connectivity index (χ0n) is 24.3. The third-order valence-electron chi connectivity index (χ3n) is 9.51. The largest absolute Gasteiger partial charge is 0.456 e. The van der Waals surface area contributed by atoms with Gasteiger partial charge in [-0.15, -0.1) is 0 Å². The van der Waals surface area contributed by atoms with E-state index in [0.29, 0.717) is 0 Å². The Morgan fingerprint density at radius 3 is 1.35 bits per heavy atom. The molecule has 0 aliphatic rings. The molecule has 4 heterocycles. The Hall–Kier alpha value is -6.26. The van der Waals surface area contributed by atoms with Crippen molar-refractivity contribution >= 4 is 87.8 Å². The van der Waals surface area contributed by atoms with Gasteiger partial charge in [0.2, 0.25) is 0 Å². The molecule has 11 rings (SSSR count). The molecule has 0 aliphatic heterocycles. The second-order valence-electron chi connectivity index (χ2n) is 12.0. The molecule has 0 radical (unpaired) electrons. The normalized spacial score (nSPS) is 12.3. The number of hydrogen-bond acceptors (Lipinski definition) is 4. The van der Waals surface area contributed by atoms with Crippen LogP contribution < -0.4 is 0 Å². The van der Waals surface area contributed by atoms with Crippen LogP contribution in [0.2, 0.25) is 0 Å². The highest BCUT2D eigenvalue weighted by Gasteiger charge is 2.18. The summed E-state index contributed by atoms with van der Waals surface area (Å²) in [4.78, 5) is 0. The number of benzene rings is 7. The van der Waals surface area contributed by atoms with Crippen molar-refractivity contribution in [3.05, 3.63) is 133 Å². The lowest BCUT2D eigenvalue weighted by Crippen LogP contribution is -1.81. The molecule has 0 fully saturated rings. The molecule has 0 saturated carbocycles. The Labute approximate surface area is 260 Å². The molecule has 0 N–H and O–H groups in total. The van der Waals surface area contributed by atoms with Crippen molar-refractivity contribution in [2.45, 2.75) is 0 Å². The first-order valence-corrected chi connectivity index (χ1v) is 15.4. The van der Waals surface area contributed by atoms with Crippen LogP contribution in [-0.4, -0.2) is 0 Å². The van der Waals surface area contributed by atoms with E-state index < -0.39 is 0 Å². The molecule has 4 aromatic heterocycles. The minimum Gasteiger partial charge on any atom is -0.456 e. The molecule has 0 spiro atoms. The monoisotopic (exact) mass is 590 g/mol. The van der Waals surface area contributed by atoms with Gasteiger partial charge in [0, 0.05) is 43.1 Å². The molecule has 46 heavy (non-hydrogen) atoms. The average molecular weight is 591 g/mol. The molecule has 0 saturated heterocycles. The van der Waals surface area contributed by atoms with E-state index in [0.717, 1.165) is 110 Å². The molecule has 214 valence electrons. The van der Waals surface area contributed by atoms with Crippen LogP contribution in [-0.2, 0) is 0 Å². The predicted molar refractivity (Wildman–Crippen MR) is 186 cm³/mol. The summed E-state index contributed by atoms with van der Waals surface area (Å²) in [6.07, 6.45) is 0. The third kappa shape index (κ3) is 3.22. The summed E-state index contributed by atoms with van der Waals surface area (Å²) in [6, 6.07) is 46.2. The summed E-state index contributed by atoms with van der Waals surface area (Å²) in [5, 5.41) is 8.69. The fraction of sp³-hybridized carbons (Fsp3) is 0. The molecule has 0 aliphatic carbocycles. The molecule has 7 aromatic carbocycles. The topological polar surface area (TPSA) is 52.6 Å². The molecular weight excluding hydrogens is 568 g/mol. The lowest BCUT2D eigenvalue weighted by molar-refractivity contribution is 0.633. The fourth-order valence-corrected chi connectivity index (χ4v) is 7.31. The van der Waals surface area contributed by atoms with Gasteiger partial charge in [0.25, 0.3) is 0 Å². The Kier molecular flexibility index (Phi) is 4.55. The van der Waals surface area contributed by atoms with E-state index in [-0.39, 0.29) is 0 Å². The smallest absolute Gasteiger partial charge is 0.178 e. The van der Waals surface area contributed by atoms with Crippen LogP contribution in [0.1, 0.15) is 0 Å². The number of para-hydroxylation sites is 2. The van der Waals surface area contributed by atoms with Crippen molar-refractivity contribution in [3.8, 4) is 22.3 Å². The summed E-state index contributed by atoms with van der Waals surface area (Å²) in [5.41, 5.74) is 11.4. The zero-order valence-corrected chi connectivity index (χ0v) is 24.3. The molecule has 4 nitrogen and oxygen atoms in total. The van der Waals surface area contributed by atoms with Crippen molar-refractivity contribution in [2.75, 3.05) is 0 Å². The van der Waals surface area contributed by atoms with Crippen molar-refractivity contribution in [2.24, 2.45) is 0 Å². The van der Waals surface area contributed by atoms with E-state index in [1.54, 1.807) is 0 Å². The minimum atomic E-state index is 0.791. The lowest BCUT2D eigenvalue weighted by atomic mass is 9.97. The second kappa shape index (κ2) is 8.68. The van der Waals surface area contributed by atoms with Crippen LogP contribution in [0, 0.1) is 0 Å². The van der Waals surface area contributed by atoms with E-state index in [2.05, 4.69) is 91.0 Å². The Morgan fingerprint density at radius 1 is 0.261 bits per heavy atom. The highest BCUT2D eigenvalue weighted by atomic mass is 16.4. The van der Waals surface area contributed by atoms with Crippen molar-refractivity contribution < 1.29 is 17.7 Å². The van der Waals surface area contributed by atoms with Crippen LogP contribution >= 0.6 is 0 Å². The fourth-order valence-electron chi connectivity index (χ4n) is 7.31. The van der Waals surface area contributed by atoms with Crippen molar-refractivity contribution in [3.63, 3.8) is 0 Å². The van der Waals surface area contributed by atoms with Gasteiger partial charge in [0.15, 0.2) is 11.2 Å². The summed E-state index contributed by atoms with van der Waals surface area (Å²) >= 11 is 0. The summed E-state index contributed by atoms with van der Waals surface area (Å²) in [7, 11) is 0. The molecule has 0 atom stereocenters. The predicted octanol–water partition coefficient (Wildman–Crippen LogP) is 12.6. The first kappa shape index (κ1) is 24.1. The van der Waals surface area contributed by atoms with Gasteiger partial charge in [0.05, 0.1) is 0 Å². The number of fused-ring (bicyclic) bond motifs is 14. The SMILES string of the molecule is c1ccc2c(c1)oc1c2ccc2c3cc(-c4ccc(-c5ccc6oc7ccc8oc9ccccc9c8c7c6c5)cc4)ccc3oc21. The number of hydrogen-bond donors (Lipinski definition) is 0. The van der Waals surface area contributed by atoms with Crippen LogP contribution in [0.4, 0.5) is 0 Å². The zero-order chi connectivity index (χ0) is 29.9. The highest BCUT2D eigenvalue weighted by Crippen LogP contribution is 2.42. The summed E-state index contributed by atoms with van der Waals surface area (Å²) < 4.78 is 25.1. The van der Waals surface area contributed by atoms with E-state index in [9.17, 15) is 0 Å². The van der Waals surface area contributed by atoms with Crippen molar-refractivity contribution in [1.29, 1.82) is 0 Å². The van der Waals surface area contributed by atoms with Gasteiger partial charge in [-0.25, -0.2) is 0 Å². The summed E-state index contributed by atoms with van der Waals surface area (Å²) in [6.45, 7) is 0. The highest BCUT2D eigenvalue weighted by molar-refractivity contribution is 6.26. The molecule has 0 bridgehead atoms. The van der Waals surface area contributed by atoms with E-state index in [4.69, 9.17) is 17.7 Å². The van der Waals surface area contributed by atoms with Gasteiger partial charge in [-0.05, 0) is 82.9 Å².